The van der Waals surface area contributed by atoms with Crippen LogP contribution in [0.25, 0.3) is 0 Å². The molecule has 0 aliphatic heterocycles. The van der Waals surface area contributed by atoms with Crippen LogP contribution < -0.4 is 24.8 Å². The fourth-order valence-electron chi connectivity index (χ4n) is 2.32. The van der Waals surface area contributed by atoms with E-state index in [1.54, 1.807) is 34.6 Å². The van der Waals surface area contributed by atoms with Crippen molar-refractivity contribution in [1.82, 2.24) is 15.6 Å². The van der Waals surface area contributed by atoms with E-state index in [4.69, 9.17) is 14.2 Å². The number of nitrogens with one attached hydrogen (secondary N) is 2. The number of nitrogens with zero attached hydrogens (tertiary/aromatic N) is 2. The number of guanidine groups is 1. The summed E-state index contributed by atoms with van der Waals surface area (Å²) < 4.78 is 16.2. The Morgan fingerprint density at radius 1 is 1.00 bits per heavy atom. The molecule has 0 saturated carbocycles. The zero-order valence-electron chi connectivity index (χ0n) is 15.4. The van der Waals surface area contributed by atoms with Gasteiger partial charge in [0.05, 0.1) is 45.7 Å². The number of rotatable bonds is 7. The van der Waals surface area contributed by atoms with Crippen molar-refractivity contribution < 1.29 is 14.2 Å². The monoisotopic (exact) mass is 472 g/mol. The van der Waals surface area contributed by atoms with Gasteiger partial charge >= 0.3 is 0 Å². The van der Waals surface area contributed by atoms with Crippen LogP contribution in [-0.2, 0) is 13.1 Å². The molecule has 2 N–H and O–H groups in total. The Kier molecular flexibility index (Phi) is 9.56. The van der Waals surface area contributed by atoms with E-state index in [1.807, 2.05) is 30.3 Å². The Labute approximate surface area is 171 Å². The highest BCUT2D eigenvalue weighted by atomic mass is 127. The minimum absolute atomic E-state index is 0. The van der Waals surface area contributed by atoms with Gasteiger partial charge < -0.3 is 24.8 Å². The molecule has 0 radical (unpaired) electrons. The van der Waals surface area contributed by atoms with E-state index in [0.29, 0.717) is 36.3 Å². The van der Waals surface area contributed by atoms with Gasteiger partial charge in [0.15, 0.2) is 5.96 Å². The van der Waals surface area contributed by atoms with Crippen LogP contribution in [0.5, 0.6) is 17.2 Å². The summed E-state index contributed by atoms with van der Waals surface area (Å²) in [6.45, 7) is 1.07. The van der Waals surface area contributed by atoms with Gasteiger partial charge in [-0.25, -0.2) is 0 Å². The first-order chi connectivity index (χ1) is 12.2. The van der Waals surface area contributed by atoms with Crippen LogP contribution in [0, 0.1) is 0 Å². The van der Waals surface area contributed by atoms with E-state index in [1.165, 1.54) is 0 Å². The van der Waals surface area contributed by atoms with Gasteiger partial charge in [0, 0.05) is 25.4 Å². The lowest BCUT2D eigenvalue weighted by Gasteiger charge is -2.17. The minimum atomic E-state index is 0. The first kappa shape index (κ1) is 21.8. The predicted molar refractivity (Wildman–Crippen MR) is 113 cm³/mol. The van der Waals surface area contributed by atoms with Crippen LogP contribution in [0.1, 0.15) is 11.3 Å². The molecule has 0 spiro atoms. The lowest BCUT2D eigenvalue weighted by atomic mass is 10.1. The first-order valence-electron chi connectivity index (χ1n) is 7.85. The molecule has 1 aromatic heterocycles. The van der Waals surface area contributed by atoms with Crippen LogP contribution in [0.15, 0.2) is 41.5 Å². The minimum Gasteiger partial charge on any atom is -0.496 e. The van der Waals surface area contributed by atoms with Crippen molar-refractivity contribution in [1.29, 1.82) is 0 Å². The number of aliphatic imine (C=N–C) groups is 1. The molecule has 26 heavy (non-hydrogen) atoms. The van der Waals surface area contributed by atoms with E-state index in [2.05, 4.69) is 20.6 Å². The van der Waals surface area contributed by atoms with Crippen molar-refractivity contribution >= 4 is 29.9 Å². The molecule has 0 saturated heterocycles. The molecule has 0 aliphatic carbocycles. The van der Waals surface area contributed by atoms with Crippen LogP contribution in [-0.4, -0.2) is 39.3 Å². The summed E-state index contributed by atoms with van der Waals surface area (Å²) in [5, 5.41) is 6.48. The zero-order chi connectivity index (χ0) is 18.1. The quantitative estimate of drug-likeness (QED) is 0.367. The second-order valence-corrected chi connectivity index (χ2v) is 5.11. The highest BCUT2D eigenvalue weighted by Crippen LogP contribution is 2.33. The SMILES string of the molecule is CN=C(NCc1ccccn1)NCc1c(OC)cc(OC)cc1OC.I. The van der Waals surface area contributed by atoms with Crippen LogP contribution in [0.3, 0.4) is 0 Å². The van der Waals surface area contributed by atoms with Crippen molar-refractivity contribution in [2.75, 3.05) is 28.4 Å². The lowest BCUT2D eigenvalue weighted by Crippen LogP contribution is -2.36. The van der Waals surface area contributed by atoms with Crippen LogP contribution >= 0.6 is 24.0 Å². The van der Waals surface area contributed by atoms with Crippen molar-refractivity contribution in [2.24, 2.45) is 4.99 Å². The Hall–Kier alpha value is -2.23. The van der Waals surface area contributed by atoms with Crippen molar-refractivity contribution in [3.8, 4) is 17.2 Å². The predicted octanol–water partition coefficient (Wildman–Crippen LogP) is 2.59. The molecule has 7 nitrogen and oxygen atoms in total. The zero-order valence-corrected chi connectivity index (χ0v) is 17.7. The Balaban J connectivity index is 0.00000338. The first-order valence-corrected chi connectivity index (χ1v) is 7.85. The molecule has 1 aromatic carbocycles. The highest BCUT2D eigenvalue weighted by Gasteiger charge is 2.13. The molecule has 142 valence electrons. The fourth-order valence-corrected chi connectivity index (χ4v) is 2.32. The molecule has 2 aromatic rings. The molecule has 1 heterocycles. The maximum atomic E-state index is 5.46. The maximum Gasteiger partial charge on any atom is 0.191 e. The summed E-state index contributed by atoms with van der Waals surface area (Å²) in [7, 11) is 6.56. The number of methoxy groups -OCH3 is 3. The summed E-state index contributed by atoms with van der Waals surface area (Å²) in [5.74, 6) is 2.70. The van der Waals surface area contributed by atoms with E-state index >= 15 is 0 Å². The maximum absolute atomic E-state index is 5.46. The average molecular weight is 472 g/mol. The van der Waals surface area contributed by atoms with Gasteiger partial charge in [0.2, 0.25) is 0 Å². The summed E-state index contributed by atoms with van der Waals surface area (Å²) in [4.78, 5) is 8.50. The summed E-state index contributed by atoms with van der Waals surface area (Å²) in [6.07, 6.45) is 1.76. The molecule has 0 bridgehead atoms. The number of hydrogen-bond acceptors (Lipinski definition) is 5. The second kappa shape index (κ2) is 11.4. The molecule has 0 atom stereocenters. The largest absolute Gasteiger partial charge is 0.496 e. The molecule has 2 rings (SSSR count). The number of benzene rings is 1. The molecule has 8 heteroatoms. The Morgan fingerprint density at radius 2 is 1.65 bits per heavy atom. The van der Waals surface area contributed by atoms with Gasteiger partial charge in [-0.05, 0) is 12.1 Å². The normalized spacial score (nSPS) is 10.5. The summed E-state index contributed by atoms with van der Waals surface area (Å²) in [6, 6.07) is 9.44. The second-order valence-electron chi connectivity index (χ2n) is 5.11. The smallest absolute Gasteiger partial charge is 0.191 e. The lowest BCUT2D eigenvalue weighted by molar-refractivity contribution is 0.368. The number of hydrogen-bond donors (Lipinski definition) is 2. The average Bonchev–Trinajstić information content (AvgIpc) is 2.68. The van der Waals surface area contributed by atoms with Crippen molar-refractivity contribution in [3.05, 3.63) is 47.8 Å². The highest BCUT2D eigenvalue weighted by molar-refractivity contribution is 14.0. The van der Waals surface area contributed by atoms with Crippen LogP contribution in [0.4, 0.5) is 0 Å². The van der Waals surface area contributed by atoms with Crippen LogP contribution in [0.2, 0.25) is 0 Å². The molecular formula is C18H25IN4O3. The number of ether oxygens (including phenoxy) is 3. The van der Waals surface area contributed by atoms with Crippen molar-refractivity contribution in [3.63, 3.8) is 0 Å². The third-order valence-corrected chi connectivity index (χ3v) is 3.64. The van der Waals surface area contributed by atoms with E-state index < -0.39 is 0 Å². The molecule has 0 amide bonds. The third-order valence-electron chi connectivity index (χ3n) is 3.64. The van der Waals surface area contributed by atoms with Gasteiger partial charge in [-0.3, -0.25) is 9.98 Å². The van der Waals surface area contributed by atoms with Gasteiger partial charge in [-0.15, -0.1) is 24.0 Å². The Morgan fingerprint density at radius 3 is 2.15 bits per heavy atom. The molecule has 0 aliphatic rings. The number of pyridine rings is 1. The topological polar surface area (TPSA) is 77.0 Å². The van der Waals surface area contributed by atoms with E-state index in [-0.39, 0.29) is 24.0 Å². The molecule has 0 unspecified atom stereocenters. The number of aromatic nitrogens is 1. The van der Waals surface area contributed by atoms with Crippen molar-refractivity contribution in [2.45, 2.75) is 13.1 Å². The van der Waals surface area contributed by atoms with Gasteiger partial charge in [0.1, 0.15) is 17.2 Å². The third kappa shape index (κ3) is 5.94. The molecule has 0 fully saturated rings. The van der Waals surface area contributed by atoms with Gasteiger partial charge in [-0.1, -0.05) is 6.07 Å². The standard InChI is InChI=1S/C18H24N4O3.HI/c1-19-18(21-11-13-7-5-6-8-20-13)22-12-15-16(24-3)9-14(23-2)10-17(15)25-4;/h5-10H,11-12H2,1-4H3,(H2,19,21,22);1H. The number of halogens is 1. The molecular weight excluding hydrogens is 447 g/mol. The van der Waals surface area contributed by atoms with Gasteiger partial charge in [-0.2, -0.15) is 0 Å². The van der Waals surface area contributed by atoms with E-state index in [9.17, 15) is 0 Å². The van der Waals surface area contributed by atoms with Gasteiger partial charge in [0.25, 0.3) is 0 Å². The Bertz CT molecular complexity index is 686. The van der Waals surface area contributed by atoms with E-state index in [0.717, 1.165) is 11.3 Å². The summed E-state index contributed by atoms with van der Waals surface area (Å²) >= 11 is 0. The fraction of sp³-hybridized carbons (Fsp3) is 0.333. The summed E-state index contributed by atoms with van der Waals surface area (Å²) in [5.41, 5.74) is 1.82.